The Morgan fingerprint density at radius 2 is 1.43 bits per heavy atom. The van der Waals surface area contributed by atoms with E-state index in [9.17, 15) is 9.90 Å². The lowest BCUT2D eigenvalue weighted by molar-refractivity contribution is -0.132. The van der Waals surface area contributed by atoms with Crippen LogP contribution in [-0.2, 0) is 4.79 Å². The molecular weight excluding hydrogens is 368 g/mol. The minimum atomic E-state index is -0.834. The van der Waals surface area contributed by atoms with Crippen LogP contribution in [0.5, 0.6) is 0 Å². The summed E-state index contributed by atoms with van der Waals surface area (Å²) >= 11 is 0. The molecule has 0 bridgehead atoms. The maximum absolute atomic E-state index is 11.4. The standard InChI is InChI=1S/C28H48O2/c1-3-5-7-9-11-14-19-25-23-18-24-26(25)20-16-13-17-22-27(28(29)30)21-15-12-10-8-6-4-2/h13,15,17,21-22,25-26H,3-12,14,16,18-20,23-24H2,1-2H3,(H,29,30)/t25-,26-/m0/s1. The second kappa shape index (κ2) is 18.5. The molecule has 1 aliphatic rings. The first-order valence-corrected chi connectivity index (χ1v) is 13.0. The van der Waals surface area contributed by atoms with E-state index in [4.69, 9.17) is 0 Å². The molecule has 30 heavy (non-hydrogen) atoms. The van der Waals surface area contributed by atoms with Gasteiger partial charge in [-0.3, -0.25) is 0 Å². The molecule has 0 aliphatic heterocycles. The molecule has 0 unspecified atom stereocenters. The number of carboxylic acids is 1. The molecule has 0 radical (unpaired) electrons. The van der Waals surface area contributed by atoms with Gasteiger partial charge in [-0.25, -0.2) is 4.79 Å². The van der Waals surface area contributed by atoms with Gasteiger partial charge in [0.25, 0.3) is 0 Å². The number of allylic oxidation sites excluding steroid dienone is 4. The summed E-state index contributed by atoms with van der Waals surface area (Å²) in [6.07, 6.45) is 31.9. The molecule has 1 aliphatic carbocycles. The summed E-state index contributed by atoms with van der Waals surface area (Å²) in [6, 6.07) is 0. The van der Waals surface area contributed by atoms with Crippen LogP contribution in [0.15, 0.2) is 36.0 Å². The zero-order valence-corrected chi connectivity index (χ0v) is 19.9. The monoisotopic (exact) mass is 416 g/mol. The average Bonchev–Trinajstić information content (AvgIpc) is 3.18. The summed E-state index contributed by atoms with van der Waals surface area (Å²) in [7, 11) is 0. The number of unbranched alkanes of at least 4 members (excludes halogenated alkanes) is 9. The number of aliphatic carboxylic acids is 1. The Morgan fingerprint density at radius 1 is 0.800 bits per heavy atom. The van der Waals surface area contributed by atoms with Crippen LogP contribution < -0.4 is 0 Å². The highest BCUT2D eigenvalue weighted by atomic mass is 16.4. The molecule has 2 heteroatoms. The summed E-state index contributed by atoms with van der Waals surface area (Å²) < 4.78 is 0. The molecule has 0 spiro atoms. The Balaban J connectivity index is 2.28. The van der Waals surface area contributed by atoms with Crippen LogP contribution >= 0.6 is 0 Å². The lowest BCUT2D eigenvalue weighted by Crippen LogP contribution is -2.07. The molecule has 2 nitrogen and oxygen atoms in total. The Labute approximate surface area is 186 Å². The number of hydrogen-bond acceptors (Lipinski definition) is 1. The van der Waals surface area contributed by atoms with Gasteiger partial charge in [-0.05, 0) is 43.6 Å². The van der Waals surface area contributed by atoms with Crippen LogP contribution in [0.3, 0.4) is 0 Å². The summed E-state index contributed by atoms with van der Waals surface area (Å²) in [4.78, 5) is 11.4. The summed E-state index contributed by atoms with van der Waals surface area (Å²) in [5.74, 6) is 0.987. The second-order valence-electron chi connectivity index (χ2n) is 9.19. The average molecular weight is 417 g/mol. The highest BCUT2D eigenvalue weighted by molar-refractivity contribution is 5.90. The fourth-order valence-electron chi connectivity index (χ4n) is 4.74. The highest BCUT2D eigenvalue weighted by Gasteiger charge is 2.25. The van der Waals surface area contributed by atoms with Gasteiger partial charge in [-0.1, -0.05) is 122 Å². The lowest BCUT2D eigenvalue weighted by atomic mass is 9.87. The summed E-state index contributed by atoms with van der Waals surface area (Å²) in [5, 5.41) is 9.37. The smallest absolute Gasteiger partial charge is 0.335 e. The van der Waals surface area contributed by atoms with Crippen molar-refractivity contribution in [1.82, 2.24) is 0 Å². The number of carboxylic acid groups (broad SMARTS) is 1. The maximum atomic E-state index is 11.4. The second-order valence-corrected chi connectivity index (χ2v) is 9.19. The molecular formula is C28H48O2. The van der Waals surface area contributed by atoms with Crippen molar-refractivity contribution in [2.75, 3.05) is 0 Å². The predicted octanol–water partition coefficient (Wildman–Crippen LogP) is 9.03. The Bertz CT molecular complexity index is 515. The molecule has 0 heterocycles. The maximum Gasteiger partial charge on any atom is 0.335 e. The minimum absolute atomic E-state index is 0.392. The van der Waals surface area contributed by atoms with Gasteiger partial charge in [-0.2, -0.15) is 0 Å². The molecule has 0 aromatic heterocycles. The zero-order valence-electron chi connectivity index (χ0n) is 19.9. The predicted molar refractivity (Wildman–Crippen MR) is 131 cm³/mol. The first-order valence-electron chi connectivity index (χ1n) is 13.0. The molecule has 2 atom stereocenters. The van der Waals surface area contributed by atoms with Gasteiger partial charge in [0.1, 0.15) is 0 Å². The van der Waals surface area contributed by atoms with Gasteiger partial charge in [-0.15, -0.1) is 0 Å². The van der Waals surface area contributed by atoms with E-state index in [0.29, 0.717) is 5.57 Å². The fraction of sp³-hybridized carbons (Fsp3) is 0.750. The van der Waals surface area contributed by atoms with Gasteiger partial charge < -0.3 is 5.11 Å². The molecule has 1 fully saturated rings. The number of carbonyl (C=O) groups is 1. The van der Waals surface area contributed by atoms with Crippen LogP contribution in [-0.4, -0.2) is 11.1 Å². The highest BCUT2D eigenvalue weighted by Crippen LogP contribution is 2.38. The summed E-state index contributed by atoms with van der Waals surface area (Å²) in [6.45, 7) is 4.48. The van der Waals surface area contributed by atoms with Crippen molar-refractivity contribution in [2.24, 2.45) is 11.8 Å². The van der Waals surface area contributed by atoms with Gasteiger partial charge in [0.2, 0.25) is 0 Å². The third-order valence-corrected chi connectivity index (χ3v) is 6.63. The van der Waals surface area contributed by atoms with Gasteiger partial charge in [0, 0.05) is 0 Å². The Kier molecular flexibility index (Phi) is 16.4. The van der Waals surface area contributed by atoms with Gasteiger partial charge >= 0.3 is 5.97 Å². The van der Waals surface area contributed by atoms with Crippen molar-refractivity contribution in [3.05, 3.63) is 36.0 Å². The number of rotatable bonds is 18. The van der Waals surface area contributed by atoms with Crippen molar-refractivity contribution >= 4 is 5.97 Å². The molecule has 1 saturated carbocycles. The normalized spacial score (nSPS) is 20.0. The molecule has 1 N–H and O–H groups in total. The topological polar surface area (TPSA) is 37.3 Å². The first kappa shape index (κ1) is 26.7. The molecule has 0 aromatic carbocycles. The van der Waals surface area contributed by atoms with Crippen LogP contribution in [0.2, 0.25) is 0 Å². The van der Waals surface area contributed by atoms with E-state index in [0.717, 1.165) is 31.1 Å². The minimum Gasteiger partial charge on any atom is -0.478 e. The van der Waals surface area contributed by atoms with Crippen molar-refractivity contribution in [1.29, 1.82) is 0 Å². The number of hydrogen-bond donors (Lipinski definition) is 1. The molecule has 1 rings (SSSR count). The first-order chi connectivity index (χ1) is 14.7. The van der Waals surface area contributed by atoms with E-state index in [2.05, 4.69) is 19.9 Å². The van der Waals surface area contributed by atoms with Crippen molar-refractivity contribution in [3.8, 4) is 0 Å². The molecule has 172 valence electrons. The third-order valence-electron chi connectivity index (χ3n) is 6.63. The van der Waals surface area contributed by atoms with Gasteiger partial charge in [0.05, 0.1) is 5.57 Å². The van der Waals surface area contributed by atoms with Crippen molar-refractivity contribution in [3.63, 3.8) is 0 Å². The largest absolute Gasteiger partial charge is 0.478 e. The van der Waals surface area contributed by atoms with Crippen LogP contribution in [0.25, 0.3) is 0 Å². The van der Waals surface area contributed by atoms with E-state index < -0.39 is 5.97 Å². The lowest BCUT2D eigenvalue weighted by Gasteiger charge is -2.18. The van der Waals surface area contributed by atoms with Crippen molar-refractivity contribution in [2.45, 2.75) is 123 Å². The van der Waals surface area contributed by atoms with E-state index in [1.54, 1.807) is 12.2 Å². The Hall–Kier alpha value is -1.31. The van der Waals surface area contributed by atoms with E-state index in [1.807, 2.05) is 12.2 Å². The molecule has 0 amide bonds. The fourth-order valence-corrected chi connectivity index (χ4v) is 4.74. The van der Waals surface area contributed by atoms with E-state index >= 15 is 0 Å². The van der Waals surface area contributed by atoms with Gasteiger partial charge in [0.15, 0.2) is 0 Å². The SMILES string of the molecule is CCCCCCC=CC(=CC=CCC[C@H]1CCC[C@@H]1CCCCCCCC)C(=O)O. The van der Waals surface area contributed by atoms with E-state index in [1.165, 1.54) is 89.9 Å². The summed E-state index contributed by atoms with van der Waals surface area (Å²) in [5.41, 5.74) is 0.392. The van der Waals surface area contributed by atoms with E-state index in [-0.39, 0.29) is 0 Å². The van der Waals surface area contributed by atoms with Crippen LogP contribution in [0, 0.1) is 11.8 Å². The van der Waals surface area contributed by atoms with Crippen LogP contribution in [0.1, 0.15) is 123 Å². The van der Waals surface area contributed by atoms with Crippen LogP contribution in [0.4, 0.5) is 0 Å². The quantitative estimate of drug-likeness (QED) is 0.137. The molecule has 0 aromatic rings. The zero-order chi connectivity index (χ0) is 21.9. The Morgan fingerprint density at radius 3 is 2.13 bits per heavy atom. The molecule has 0 saturated heterocycles. The third kappa shape index (κ3) is 13.1. The van der Waals surface area contributed by atoms with Crippen molar-refractivity contribution < 1.29 is 9.90 Å².